The van der Waals surface area contributed by atoms with E-state index in [1.165, 1.54) is 11.8 Å². The number of hydrogen-bond acceptors (Lipinski definition) is 7. The summed E-state index contributed by atoms with van der Waals surface area (Å²) >= 11 is 0. The number of urea groups is 1. The summed E-state index contributed by atoms with van der Waals surface area (Å²) in [5, 5.41) is 15.5. The van der Waals surface area contributed by atoms with Gasteiger partial charge in [0.05, 0.1) is 12.5 Å². The highest BCUT2D eigenvalue weighted by Gasteiger charge is 2.36. The summed E-state index contributed by atoms with van der Waals surface area (Å²) in [4.78, 5) is 48.7. The van der Waals surface area contributed by atoms with E-state index in [2.05, 4.69) is 27.8 Å². The molecule has 35 heavy (non-hydrogen) atoms. The number of carboxylic acids is 1. The molecule has 5 rings (SSSR count). The third kappa shape index (κ3) is 4.98. The molecular formula is C24H28N6O5. The van der Waals surface area contributed by atoms with Crippen LogP contribution in [0.2, 0.25) is 0 Å². The fourth-order valence-corrected chi connectivity index (χ4v) is 4.81. The van der Waals surface area contributed by atoms with Crippen LogP contribution in [-0.4, -0.2) is 75.6 Å². The molecular weight excluding hydrogens is 452 g/mol. The van der Waals surface area contributed by atoms with Crippen LogP contribution in [0, 0.1) is 0 Å². The first-order valence-electron chi connectivity index (χ1n) is 11.9. The van der Waals surface area contributed by atoms with E-state index in [1.54, 1.807) is 15.9 Å². The largest absolute Gasteiger partial charge is 0.481 e. The van der Waals surface area contributed by atoms with Gasteiger partial charge in [-0.15, -0.1) is 0 Å². The van der Waals surface area contributed by atoms with Crippen molar-refractivity contribution in [2.45, 2.75) is 38.1 Å². The summed E-state index contributed by atoms with van der Waals surface area (Å²) < 4.78 is 5.29. The molecule has 11 nitrogen and oxygen atoms in total. The number of aromatic nitrogens is 2. The number of rotatable bonds is 8. The Labute approximate surface area is 202 Å². The van der Waals surface area contributed by atoms with Gasteiger partial charge in [0.25, 0.3) is 5.91 Å². The fraction of sp³-hybridized carbons (Fsp3) is 0.458. The molecule has 1 saturated heterocycles. The van der Waals surface area contributed by atoms with Crippen LogP contribution >= 0.6 is 0 Å². The van der Waals surface area contributed by atoms with E-state index >= 15 is 0 Å². The quantitative estimate of drug-likeness (QED) is 0.522. The lowest BCUT2D eigenvalue weighted by atomic mass is 10.0. The Balaban J connectivity index is 1.24. The number of carboxylic acid groups (broad SMARTS) is 1. The zero-order valence-corrected chi connectivity index (χ0v) is 19.3. The van der Waals surface area contributed by atoms with Crippen LogP contribution in [0.4, 0.5) is 16.3 Å². The second-order valence-electron chi connectivity index (χ2n) is 8.98. The summed E-state index contributed by atoms with van der Waals surface area (Å²) in [5.74, 6) is -0.0815. The SMILES string of the molecule is O=C(O)CC(c1cnc2c(c1)NC(=O)CO2)N1CCN(CCCc2ccc3c(n2)NCCC3)C1=O. The lowest BCUT2D eigenvalue weighted by molar-refractivity contribution is -0.138. The fourth-order valence-electron chi connectivity index (χ4n) is 4.81. The van der Waals surface area contributed by atoms with Gasteiger partial charge in [-0.2, -0.15) is 0 Å². The maximum absolute atomic E-state index is 13.2. The van der Waals surface area contributed by atoms with Crippen LogP contribution in [0.1, 0.15) is 42.1 Å². The number of amides is 3. The molecule has 184 valence electrons. The zero-order chi connectivity index (χ0) is 24.4. The first-order valence-corrected chi connectivity index (χ1v) is 11.9. The van der Waals surface area contributed by atoms with Crippen molar-refractivity contribution in [2.24, 2.45) is 0 Å². The molecule has 0 bridgehead atoms. The molecule has 1 atom stereocenters. The van der Waals surface area contributed by atoms with Crippen LogP contribution < -0.4 is 15.4 Å². The van der Waals surface area contributed by atoms with Gasteiger partial charge in [-0.25, -0.2) is 14.8 Å². The van der Waals surface area contributed by atoms with Crippen molar-refractivity contribution in [3.8, 4) is 5.88 Å². The minimum absolute atomic E-state index is 0.116. The number of carbonyl (C=O) groups excluding carboxylic acids is 2. The maximum atomic E-state index is 13.2. The highest BCUT2D eigenvalue weighted by molar-refractivity contribution is 5.95. The predicted octanol–water partition coefficient (Wildman–Crippen LogP) is 2.05. The molecule has 1 unspecified atom stereocenters. The molecule has 1 fully saturated rings. The van der Waals surface area contributed by atoms with Crippen molar-refractivity contribution in [1.29, 1.82) is 0 Å². The zero-order valence-electron chi connectivity index (χ0n) is 19.3. The number of anilines is 2. The highest BCUT2D eigenvalue weighted by Crippen LogP contribution is 2.33. The number of carbonyl (C=O) groups is 3. The van der Waals surface area contributed by atoms with Gasteiger partial charge in [-0.3, -0.25) is 9.59 Å². The predicted molar refractivity (Wildman–Crippen MR) is 126 cm³/mol. The summed E-state index contributed by atoms with van der Waals surface area (Å²) in [6.07, 6.45) is 4.93. The Hall–Kier alpha value is -3.89. The van der Waals surface area contributed by atoms with Crippen LogP contribution in [0.15, 0.2) is 24.4 Å². The summed E-state index contributed by atoms with van der Waals surface area (Å²) in [6, 6.07) is 4.92. The molecule has 2 aromatic heterocycles. The number of nitrogens with zero attached hydrogens (tertiary/aromatic N) is 4. The average molecular weight is 481 g/mol. The molecule has 0 radical (unpaired) electrons. The number of ether oxygens (including phenoxy) is 1. The number of pyridine rings is 2. The minimum Gasteiger partial charge on any atom is -0.481 e. The van der Waals surface area contributed by atoms with E-state index in [0.29, 0.717) is 30.9 Å². The Morgan fingerprint density at radius 3 is 3.00 bits per heavy atom. The van der Waals surface area contributed by atoms with Gasteiger partial charge >= 0.3 is 12.0 Å². The van der Waals surface area contributed by atoms with Gasteiger partial charge in [0.1, 0.15) is 11.5 Å². The van der Waals surface area contributed by atoms with E-state index in [0.717, 1.165) is 43.7 Å². The molecule has 3 N–H and O–H groups in total. The molecule has 0 spiro atoms. The molecule has 2 aromatic rings. The van der Waals surface area contributed by atoms with Crippen molar-refractivity contribution in [1.82, 2.24) is 19.8 Å². The number of aryl methyl sites for hydroxylation is 2. The number of nitrogens with one attached hydrogen (secondary N) is 2. The highest BCUT2D eigenvalue weighted by atomic mass is 16.5. The van der Waals surface area contributed by atoms with Gasteiger partial charge in [0.15, 0.2) is 6.61 Å². The smallest absolute Gasteiger partial charge is 0.320 e. The van der Waals surface area contributed by atoms with Crippen molar-refractivity contribution >= 4 is 29.4 Å². The Kier molecular flexibility index (Phi) is 6.39. The van der Waals surface area contributed by atoms with E-state index < -0.39 is 12.0 Å². The van der Waals surface area contributed by atoms with E-state index in [1.807, 2.05) is 0 Å². The lowest BCUT2D eigenvalue weighted by Crippen LogP contribution is -2.36. The van der Waals surface area contributed by atoms with E-state index in [4.69, 9.17) is 9.72 Å². The molecule has 0 saturated carbocycles. The summed E-state index contributed by atoms with van der Waals surface area (Å²) in [5.41, 5.74) is 3.16. The first kappa shape index (κ1) is 22.9. The molecule has 5 heterocycles. The average Bonchev–Trinajstić information content (AvgIpc) is 3.21. The second kappa shape index (κ2) is 9.77. The molecule has 3 amide bonds. The standard InChI is InChI=1S/C24H28N6O5/c31-20-14-35-23-18(28-20)11-16(13-26-23)19(12-21(32)33)30-10-9-29(24(30)34)8-2-4-17-6-5-15-3-1-7-25-22(15)27-17/h5-6,11,13,19H,1-4,7-10,12,14H2,(H,25,27)(H,28,31)(H,32,33). The molecule has 11 heteroatoms. The van der Waals surface area contributed by atoms with Gasteiger partial charge in [0.2, 0.25) is 5.88 Å². The van der Waals surface area contributed by atoms with E-state index in [9.17, 15) is 19.5 Å². The van der Waals surface area contributed by atoms with Crippen molar-refractivity contribution in [3.05, 3.63) is 41.2 Å². The summed E-state index contributed by atoms with van der Waals surface area (Å²) in [6.45, 7) is 2.32. The normalized spacial score (nSPS) is 17.7. The van der Waals surface area contributed by atoms with Crippen LogP contribution in [0.25, 0.3) is 0 Å². The van der Waals surface area contributed by atoms with Gasteiger partial charge in [0, 0.05) is 38.1 Å². The van der Waals surface area contributed by atoms with Crippen LogP contribution in [0.5, 0.6) is 5.88 Å². The Bertz CT molecular complexity index is 1160. The topological polar surface area (TPSA) is 137 Å². The second-order valence-corrected chi connectivity index (χ2v) is 8.98. The third-order valence-corrected chi connectivity index (χ3v) is 6.56. The van der Waals surface area contributed by atoms with Crippen LogP contribution in [-0.2, 0) is 22.4 Å². The van der Waals surface area contributed by atoms with Gasteiger partial charge < -0.3 is 30.3 Å². The molecule has 0 aliphatic carbocycles. The first-order chi connectivity index (χ1) is 17.0. The molecule has 3 aliphatic rings. The van der Waals surface area contributed by atoms with Gasteiger partial charge in [-0.1, -0.05) is 6.07 Å². The minimum atomic E-state index is -1.02. The van der Waals surface area contributed by atoms with Crippen LogP contribution in [0.3, 0.4) is 0 Å². The van der Waals surface area contributed by atoms with Crippen molar-refractivity contribution in [2.75, 3.05) is 43.4 Å². The van der Waals surface area contributed by atoms with Gasteiger partial charge in [-0.05, 0) is 48.9 Å². The maximum Gasteiger partial charge on any atom is 0.320 e. The number of aliphatic carboxylic acids is 1. The van der Waals surface area contributed by atoms with Crippen molar-refractivity contribution in [3.63, 3.8) is 0 Å². The molecule has 3 aliphatic heterocycles. The molecule has 0 aromatic carbocycles. The number of fused-ring (bicyclic) bond motifs is 2. The third-order valence-electron chi connectivity index (χ3n) is 6.56. The lowest BCUT2D eigenvalue weighted by Gasteiger charge is -2.28. The Morgan fingerprint density at radius 1 is 1.26 bits per heavy atom. The number of hydrogen-bond donors (Lipinski definition) is 3. The van der Waals surface area contributed by atoms with Crippen molar-refractivity contribution < 1.29 is 24.2 Å². The monoisotopic (exact) mass is 480 g/mol. The Morgan fingerprint density at radius 2 is 2.14 bits per heavy atom. The van der Waals surface area contributed by atoms with E-state index in [-0.39, 0.29) is 30.8 Å². The summed E-state index contributed by atoms with van der Waals surface area (Å²) in [7, 11) is 0.